The molecule has 2 aromatic carbocycles. The summed E-state index contributed by atoms with van der Waals surface area (Å²) in [5, 5.41) is 13.6. The first kappa shape index (κ1) is 13.6. The van der Waals surface area contributed by atoms with Gasteiger partial charge in [0.05, 0.1) is 16.8 Å². The second-order valence-corrected chi connectivity index (χ2v) is 5.60. The summed E-state index contributed by atoms with van der Waals surface area (Å²) < 4.78 is 0.951. The van der Waals surface area contributed by atoms with E-state index in [1.807, 2.05) is 36.4 Å². The summed E-state index contributed by atoms with van der Waals surface area (Å²) in [5.41, 5.74) is 3.61. The van der Waals surface area contributed by atoms with Crippen LogP contribution in [-0.2, 0) is 6.54 Å². The SMILES string of the molecule is N#Cc1ccc(Br)cc1NCc1ccc2ncccc2c1. The van der Waals surface area contributed by atoms with Crippen LogP contribution in [0.4, 0.5) is 5.69 Å². The number of nitrogens with zero attached hydrogens (tertiary/aromatic N) is 2. The lowest BCUT2D eigenvalue weighted by Crippen LogP contribution is -2.01. The number of halogens is 1. The summed E-state index contributed by atoms with van der Waals surface area (Å²) in [4.78, 5) is 4.31. The molecule has 4 heteroatoms. The van der Waals surface area contributed by atoms with Crippen LogP contribution in [-0.4, -0.2) is 4.98 Å². The molecule has 0 bridgehead atoms. The van der Waals surface area contributed by atoms with Gasteiger partial charge in [0, 0.05) is 22.6 Å². The normalized spacial score (nSPS) is 10.3. The molecule has 102 valence electrons. The van der Waals surface area contributed by atoms with Crippen molar-refractivity contribution in [2.75, 3.05) is 5.32 Å². The van der Waals surface area contributed by atoms with Crippen molar-refractivity contribution >= 4 is 32.5 Å². The average molecular weight is 338 g/mol. The minimum atomic E-state index is 0.639. The number of aromatic nitrogens is 1. The highest BCUT2D eigenvalue weighted by atomic mass is 79.9. The van der Waals surface area contributed by atoms with Crippen LogP contribution >= 0.6 is 15.9 Å². The Kier molecular flexibility index (Phi) is 3.85. The van der Waals surface area contributed by atoms with Crippen molar-refractivity contribution < 1.29 is 0 Å². The van der Waals surface area contributed by atoms with Gasteiger partial charge in [-0.1, -0.05) is 28.1 Å². The zero-order chi connectivity index (χ0) is 14.7. The number of nitrogens with one attached hydrogen (secondary N) is 1. The molecule has 1 N–H and O–H groups in total. The number of hydrogen-bond acceptors (Lipinski definition) is 3. The Morgan fingerprint density at radius 1 is 1.14 bits per heavy atom. The van der Waals surface area contributed by atoms with Crippen molar-refractivity contribution in [1.82, 2.24) is 4.98 Å². The quantitative estimate of drug-likeness (QED) is 0.766. The highest BCUT2D eigenvalue weighted by Gasteiger charge is 2.03. The van der Waals surface area contributed by atoms with E-state index in [4.69, 9.17) is 5.26 Å². The van der Waals surface area contributed by atoms with Crippen LogP contribution < -0.4 is 5.32 Å². The number of fused-ring (bicyclic) bond motifs is 1. The van der Waals surface area contributed by atoms with Crippen LogP contribution in [0.15, 0.2) is 59.2 Å². The van der Waals surface area contributed by atoms with Crippen molar-refractivity contribution in [3.8, 4) is 6.07 Å². The van der Waals surface area contributed by atoms with E-state index in [0.717, 1.165) is 26.6 Å². The summed E-state index contributed by atoms with van der Waals surface area (Å²) in [6.45, 7) is 0.663. The van der Waals surface area contributed by atoms with Gasteiger partial charge in [-0.15, -0.1) is 0 Å². The van der Waals surface area contributed by atoms with Crippen molar-refractivity contribution in [3.63, 3.8) is 0 Å². The predicted octanol–water partition coefficient (Wildman–Crippen LogP) is 4.48. The van der Waals surface area contributed by atoms with Gasteiger partial charge in [-0.3, -0.25) is 4.98 Å². The van der Waals surface area contributed by atoms with E-state index in [9.17, 15) is 0 Å². The van der Waals surface area contributed by atoms with Crippen molar-refractivity contribution in [3.05, 3.63) is 70.3 Å². The molecule has 3 nitrogen and oxygen atoms in total. The van der Waals surface area contributed by atoms with Gasteiger partial charge in [-0.05, 0) is 42.0 Å². The minimum Gasteiger partial charge on any atom is -0.380 e. The lowest BCUT2D eigenvalue weighted by Gasteiger charge is -2.09. The van der Waals surface area contributed by atoms with E-state index in [0.29, 0.717) is 12.1 Å². The Hall–Kier alpha value is -2.38. The van der Waals surface area contributed by atoms with Crippen LogP contribution in [0.1, 0.15) is 11.1 Å². The average Bonchev–Trinajstić information content (AvgIpc) is 2.53. The van der Waals surface area contributed by atoms with Gasteiger partial charge in [0.2, 0.25) is 0 Å². The van der Waals surface area contributed by atoms with E-state index < -0.39 is 0 Å². The molecule has 0 spiro atoms. The molecule has 0 atom stereocenters. The number of benzene rings is 2. The molecule has 0 unspecified atom stereocenters. The summed E-state index contributed by atoms with van der Waals surface area (Å²) in [6.07, 6.45) is 1.79. The molecule has 0 amide bonds. The van der Waals surface area contributed by atoms with Crippen molar-refractivity contribution in [2.45, 2.75) is 6.54 Å². The smallest absolute Gasteiger partial charge is 0.101 e. The van der Waals surface area contributed by atoms with Crippen LogP contribution in [0.25, 0.3) is 10.9 Å². The number of anilines is 1. The Labute approximate surface area is 131 Å². The third-order valence-electron chi connectivity index (χ3n) is 3.25. The fourth-order valence-electron chi connectivity index (χ4n) is 2.19. The molecule has 21 heavy (non-hydrogen) atoms. The van der Waals surface area contributed by atoms with Crippen LogP contribution in [0.3, 0.4) is 0 Å². The largest absolute Gasteiger partial charge is 0.380 e. The maximum Gasteiger partial charge on any atom is 0.101 e. The third kappa shape index (κ3) is 3.04. The second kappa shape index (κ2) is 5.94. The monoisotopic (exact) mass is 337 g/mol. The van der Waals surface area contributed by atoms with Gasteiger partial charge in [0.1, 0.15) is 6.07 Å². The Morgan fingerprint density at radius 3 is 2.90 bits per heavy atom. The first-order valence-electron chi connectivity index (χ1n) is 6.53. The molecule has 1 heterocycles. The molecule has 0 aliphatic heterocycles. The van der Waals surface area contributed by atoms with Gasteiger partial charge in [-0.25, -0.2) is 0 Å². The van der Waals surface area contributed by atoms with Gasteiger partial charge in [0.15, 0.2) is 0 Å². The number of pyridine rings is 1. The molecule has 0 fully saturated rings. The van der Waals surface area contributed by atoms with Gasteiger partial charge in [0.25, 0.3) is 0 Å². The summed E-state index contributed by atoms with van der Waals surface area (Å²) in [6, 6.07) is 17.9. The van der Waals surface area contributed by atoms with E-state index in [1.165, 1.54) is 0 Å². The van der Waals surface area contributed by atoms with E-state index in [2.05, 4.69) is 38.4 Å². The third-order valence-corrected chi connectivity index (χ3v) is 3.75. The predicted molar refractivity (Wildman–Crippen MR) is 87.9 cm³/mol. The second-order valence-electron chi connectivity index (χ2n) is 4.69. The standard InChI is InChI=1S/C17H12BrN3/c18-15-5-4-14(10-19)17(9-15)21-11-12-3-6-16-13(8-12)2-1-7-20-16/h1-9,21H,11H2. The zero-order valence-corrected chi connectivity index (χ0v) is 12.8. The highest BCUT2D eigenvalue weighted by Crippen LogP contribution is 2.22. The van der Waals surface area contributed by atoms with E-state index in [-0.39, 0.29) is 0 Å². The van der Waals surface area contributed by atoms with Gasteiger partial charge >= 0.3 is 0 Å². The van der Waals surface area contributed by atoms with Gasteiger partial charge in [-0.2, -0.15) is 5.26 Å². The first-order chi connectivity index (χ1) is 10.3. The fourth-order valence-corrected chi connectivity index (χ4v) is 2.55. The van der Waals surface area contributed by atoms with Gasteiger partial charge < -0.3 is 5.32 Å². The number of rotatable bonds is 3. The molecule has 0 radical (unpaired) electrons. The zero-order valence-electron chi connectivity index (χ0n) is 11.2. The molecule has 1 aromatic heterocycles. The molecule has 0 aliphatic carbocycles. The highest BCUT2D eigenvalue weighted by molar-refractivity contribution is 9.10. The summed E-state index contributed by atoms with van der Waals surface area (Å²) >= 11 is 3.43. The van der Waals surface area contributed by atoms with Crippen LogP contribution in [0.5, 0.6) is 0 Å². The fraction of sp³-hybridized carbons (Fsp3) is 0.0588. The van der Waals surface area contributed by atoms with Crippen LogP contribution in [0.2, 0.25) is 0 Å². The van der Waals surface area contributed by atoms with E-state index >= 15 is 0 Å². The van der Waals surface area contributed by atoms with E-state index in [1.54, 1.807) is 12.3 Å². The molecular weight excluding hydrogens is 326 g/mol. The molecule has 0 saturated carbocycles. The maximum atomic E-state index is 9.13. The Balaban J connectivity index is 1.83. The Bertz CT molecular complexity index is 837. The first-order valence-corrected chi connectivity index (χ1v) is 7.33. The summed E-state index contributed by atoms with van der Waals surface area (Å²) in [5.74, 6) is 0. The maximum absolute atomic E-state index is 9.13. The molecule has 0 aliphatic rings. The minimum absolute atomic E-state index is 0.639. The molecule has 3 aromatic rings. The van der Waals surface area contributed by atoms with Crippen LogP contribution in [0, 0.1) is 11.3 Å². The molecule has 3 rings (SSSR count). The van der Waals surface area contributed by atoms with Crippen molar-refractivity contribution in [2.24, 2.45) is 0 Å². The lowest BCUT2D eigenvalue weighted by atomic mass is 10.1. The Morgan fingerprint density at radius 2 is 2.05 bits per heavy atom. The summed E-state index contributed by atoms with van der Waals surface area (Å²) in [7, 11) is 0. The number of hydrogen-bond donors (Lipinski definition) is 1. The molecular formula is C17H12BrN3. The molecule has 0 saturated heterocycles. The number of nitriles is 1. The topological polar surface area (TPSA) is 48.7 Å². The lowest BCUT2D eigenvalue weighted by molar-refractivity contribution is 1.15. The van der Waals surface area contributed by atoms with Crippen molar-refractivity contribution in [1.29, 1.82) is 5.26 Å².